The topological polar surface area (TPSA) is 89.0 Å². The maximum atomic E-state index is 13.7. The molecular formula is C21H24FN5O3S. The second-order valence-corrected chi connectivity index (χ2v) is 9.29. The zero-order valence-electron chi connectivity index (χ0n) is 17.0. The van der Waals surface area contributed by atoms with Gasteiger partial charge in [-0.05, 0) is 37.0 Å². The van der Waals surface area contributed by atoms with Crippen LogP contribution in [0.2, 0.25) is 0 Å². The number of rotatable bonds is 2. The number of nitrogens with zero attached hydrogens (tertiary/aromatic N) is 4. The molecule has 0 spiro atoms. The number of carbonyl (C=O) groups excluding carboxylic acids is 1. The van der Waals surface area contributed by atoms with Gasteiger partial charge in [-0.1, -0.05) is 17.4 Å². The fourth-order valence-electron chi connectivity index (χ4n) is 4.72. The first-order valence-corrected chi connectivity index (χ1v) is 11.4. The van der Waals surface area contributed by atoms with E-state index in [2.05, 4.69) is 15.2 Å². The van der Waals surface area contributed by atoms with E-state index in [9.17, 15) is 14.0 Å². The number of carbonyl (C=O) groups is 2. The molecule has 0 atom stereocenters. The molecule has 0 aliphatic carbocycles. The highest BCUT2D eigenvalue weighted by molar-refractivity contribution is 7.15. The summed E-state index contributed by atoms with van der Waals surface area (Å²) in [5.41, 5.74) is 3.05. The van der Waals surface area contributed by atoms with Crippen molar-refractivity contribution in [3.05, 3.63) is 40.2 Å². The lowest BCUT2D eigenvalue weighted by Crippen LogP contribution is -2.47. The lowest BCUT2D eigenvalue weighted by molar-refractivity contribution is 0.140. The van der Waals surface area contributed by atoms with Crippen molar-refractivity contribution in [2.75, 3.05) is 36.4 Å². The minimum atomic E-state index is -0.934. The highest BCUT2D eigenvalue weighted by Gasteiger charge is 2.31. The van der Waals surface area contributed by atoms with Gasteiger partial charge >= 0.3 is 12.1 Å². The summed E-state index contributed by atoms with van der Waals surface area (Å²) in [5.74, 6) is -0.208. The molecule has 1 saturated heterocycles. The molecule has 8 nitrogen and oxygen atoms in total. The van der Waals surface area contributed by atoms with Crippen molar-refractivity contribution in [2.45, 2.75) is 38.3 Å². The summed E-state index contributed by atoms with van der Waals surface area (Å²) in [4.78, 5) is 34.7. The average molecular weight is 446 g/mol. The first-order valence-electron chi connectivity index (χ1n) is 10.6. The Labute approximate surface area is 183 Å². The van der Waals surface area contributed by atoms with Crippen LogP contribution in [0.4, 0.5) is 24.8 Å². The number of halogens is 1. The molecule has 5 rings (SSSR count). The molecule has 0 unspecified atom stereocenters. The Morgan fingerprint density at radius 1 is 1.13 bits per heavy atom. The van der Waals surface area contributed by atoms with Gasteiger partial charge in [0.2, 0.25) is 0 Å². The summed E-state index contributed by atoms with van der Waals surface area (Å²) in [7, 11) is 0. The van der Waals surface area contributed by atoms with Crippen LogP contribution in [-0.4, -0.2) is 64.2 Å². The smallest absolute Gasteiger partial charge is 0.407 e. The first kappa shape index (κ1) is 20.0. The number of hydrogen-bond donors (Lipinski definition) is 2. The number of thiazole rings is 1. The molecule has 3 amide bonds. The van der Waals surface area contributed by atoms with Gasteiger partial charge in [0.05, 0.1) is 12.2 Å². The number of likely N-dealkylation sites (tertiary alicyclic amines) is 1. The number of urea groups is 1. The SMILES string of the molecule is O=C(O)N1CCc2nc(NC(=O)N3CCC(N4CCc5ccc(F)cc54)CC3)sc2C1. The van der Waals surface area contributed by atoms with Crippen LogP contribution in [0.1, 0.15) is 29.0 Å². The zero-order chi connectivity index (χ0) is 21.5. The van der Waals surface area contributed by atoms with Crippen LogP contribution in [0.25, 0.3) is 0 Å². The van der Waals surface area contributed by atoms with Gasteiger partial charge in [0.25, 0.3) is 0 Å². The van der Waals surface area contributed by atoms with Crippen LogP contribution in [0.5, 0.6) is 0 Å². The summed E-state index contributed by atoms with van der Waals surface area (Å²) >= 11 is 1.34. The summed E-state index contributed by atoms with van der Waals surface area (Å²) in [6.45, 7) is 2.91. The van der Waals surface area contributed by atoms with Gasteiger partial charge < -0.3 is 19.8 Å². The van der Waals surface area contributed by atoms with E-state index in [1.54, 1.807) is 11.0 Å². The van der Waals surface area contributed by atoms with Crippen molar-refractivity contribution in [3.8, 4) is 0 Å². The van der Waals surface area contributed by atoms with Crippen LogP contribution in [0.3, 0.4) is 0 Å². The van der Waals surface area contributed by atoms with Crippen molar-refractivity contribution >= 4 is 34.3 Å². The molecule has 3 aliphatic heterocycles. The van der Waals surface area contributed by atoms with Crippen LogP contribution in [-0.2, 0) is 19.4 Å². The van der Waals surface area contributed by atoms with E-state index < -0.39 is 6.09 Å². The molecule has 0 saturated carbocycles. The minimum absolute atomic E-state index is 0.174. The van der Waals surface area contributed by atoms with E-state index in [0.717, 1.165) is 42.1 Å². The second kappa shape index (κ2) is 7.99. The quantitative estimate of drug-likeness (QED) is 0.740. The van der Waals surface area contributed by atoms with Gasteiger partial charge in [0.1, 0.15) is 5.82 Å². The lowest BCUT2D eigenvalue weighted by atomic mass is 10.0. The molecule has 2 aromatic rings. The molecule has 0 radical (unpaired) electrons. The molecule has 10 heteroatoms. The molecule has 1 aromatic heterocycles. The third kappa shape index (κ3) is 3.91. The van der Waals surface area contributed by atoms with Gasteiger partial charge in [-0.15, -0.1) is 0 Å². The van der Waals surface area contributed by atoms with Crippen molar-refractivity contribution in [3.63, 3.8) is 0 Å². The highest BCUT2D eigenvalue weighted by Crippen LogP contribution is 2.33. The van der Waals surface area contributed by atoms with Gasteiger partial charge in [-0.25, -0.2) is 19.0 Å². The Kier molecular flexibility index (Phi) is 5.17. The number of anilines is 2. The van der Waals surface area contributed by atoms with Gasteiger partial charge in [-0.3, -0.25) is 5.32 Å². The molecule has 0 bridgehead atoms. The van der Waals surface area contributed by atoms with Crippen LogP contribution in [0.15, 0.2) is 18.2 Å². The van der Waals surface area contributed by atoms with Gasteiger partial charge in [0.15, 0.2) is 5.13 Å². The number of piperidine rings is 1. The number of nitrogens with one attached hydrogen (secondary N) is 1. The Balaban J connectivity index is 1.17. The Morgan fingerprint density at radius 3 is 2.71 bits per heavy atom. The highest BCUT2D eigenvalue weighted by atomic mass is 32.1. The molecular weight excluding hydrogens is 421 g/mol. The van der Waals surface area contributed by atoms with Crippen LogP contribution in [0, 0.1) is 5.82 Å². The summed E-state index contributed by atoms with van der Waals surface area (Å²) in [5, 5.41) is 12.6. The van der Waals surface area contributed by atoms with Crippen molar-refractivity contribution < 1.29 is 19.1 Å². The largest absolute Gasteiger partial charge is 0.465 e. The predicted molar refractivity (Wildman–Crippen MR) is 115 cm³/mol. The fraction of sp³-hybridized carbons (Fsp3) is 0.476. The first-order chi connectivity index (χ1) is 15.0. The number of carboxylic acid groups (broad SMARTS) is 1. The van der Waals surface area contributed by atoms with Crippen molar-refractivity contribution in [1.29, 1.82) is 0 Å². The zero-order valence-corrected chi connectivity index (χ0v) is 17.8. The standard InChI is InChI=1S/C21H24FN5O3S/c22-14-2-1-13-3-10-27(17(13)11-14)15-4-7-25(8-5-15)20(28)24-19-23-16-6-9-26(21(29)30)12-18(16)31-19/h1-2,11,15H,3-10,12H2,(H,29,30)(H,23,24,28). The Bertz CT molecular complexity index is 1020. The lowest BCUT2D eigenvalue weighted by Gasteiger charge is -2.38. The van der Waals surface area contributed by atoms with E-state index in [1.807, 2.05) is 6.07 Å². The number of benzene rings is 1. The maximum Gasteiger partial charge on any atom is 0.407 e. The molecule has 164 valence electrons. The number of fused-ring (bicyclic) bond motifs is 2. The monoisotopic (exact) mass is 445 g/mol. The predicted octanol–water partition coefficient (Wildman–Crippen LogP) is 3.38. The van der Waals surface area contributed by atoms with E-state index in [4.69, 9.17) is 5.11 Å². The normalized spacial score (nSPS) is 18.7. The summed E-state index contributed by atoms with van der Waals surface area (Å²) in [6.07, 6.45) is 2.24. The average Bonchev–Trinajstić information content (AvgIpc) is 3.36. The number of hydrogen-bond acceptors (Lipinski definition) is 5. The molecule has 31 heavy (non-hydrogen) atoms. The summed E-state index contributed by atoms with van der Waals surface area (Å²) in [6, 6.07) is 5.15. The number of amides is 3. The van der Waals surface area contributed by atoms with Crippen molar-refractivity contribution in [1.82, 2.24) is 14.8 Å². The maximum absolute atomic E-state index is 13.7. The van der Waals surface area contributed by atoms with Crippen molar-refractivity contribution in [2.24, 2.45) is 0 Å². The Hall–Kier alpha value is -2.88. The molecule has 2 N–H and O–H groups in total. The molecule has 1 fully saturated rings. The third-order valence-electron chi connectivity index (χ3n) is 6.39. The van der Waals surface area contributed by atoms with Crippen LogP contribution >= 0.6 is 11.3 Å². The summed E-state index contributed by atoms with van der Waals surface area (Å²) < 4.78 is 13.7. The minimum Gasteiger partial charge on any atom is -0.465 e. The van der Waals surface area contributed by atoms with E-state index in [1.165, 1.54) is 27.9 Å². The van der Waals surface area contributed by atoms with Gasteiger partial charge in [-0.2, -0.15) is 0 Å². The second-order valence-electron chi connectivity index (χ2n) is 8.21. The molecule has 4 heterocycles. The molecule has 1 aromatic carbocycles. The van der Waals surface area contributed by atoms with Crippen LogP contribution < -0.4 is 10.2 Å². The Morgan fingerprint density at radius 2 is 1.94 bits per heavy atom. The number of aromatic nitrogens is 1. The third-order valence-corrected chi connectivity index (χ3v) is 7.38. The fourth-order valence-corrected chi connectivity index (χ4v) is 5.73. The van der Waals surface area contributed by atoms with E-state index in [0.29, 0.717) is 43.8 Å². The van der Waals surface area contributed by atoms with E-state index >= 15 is 0 Å². The van der Waals surface area contributed by atoms with E-state index in [-0.39, 0.29) is 11.8 Å². The molecule has 3 aliphatic rings. The van der Waals surface area contributed by atoms with Gasteiger partial charge in [0, 0.05) is 49.2 Å².